The Kier molecular flexibility index (Phi) is 14.1. The molecule has 0 aliphatic heterocycles. The number of aliphatic imine (C=N–C) groups is 1. The van der Waals surface area contributed by atoms with Crippen LogP contribution in [0.2, 0.25) is 0 Å². The minimum absolute atomic E-state index is 0.0493. The number of nitrogens with zero attached hydrogens (tertiary/aromatic N) is 2. The van der Waals surface area contributed by atoms with Crippen molar-refractivity contribution in [1.29, 1.82) is 0 Å². The second-order valence-corrected chi connectivity index (χ2v) is 16.7. The second kappa shape index (κ2) is 16.8. The van der Waals surface area contributed by atoms with E-state index in [0.29, 0.717) is 18.0 Å². The molecule has 0 radical (unpaired) electrons. The first-order valence-electron chi connectivity index (χ1n) is 20.1. The normalized spacial score (nSPS) is 18.2. The molecule has 276 valence electrons. The van der Waals surface area contributed by atoms with Gasteiger partial charge >= 0.3 is 0 Å². The Morgan fingerprint density at radius 3 is 1.53 bits per heavy atom. The van der Waals surface area contributed by atoms with Gasteiger partial charge in [0, 0.05) is 41.1 Å². The van der Waals surface area contributed by atoms with Crippen molar-refractivity contribution < 1.29 is 10.2 Å². The third-order valence-electron chi connectivity index (χ3n) is 14.4. The highest BCUT2D eigenvalue weighted by molar-refractivity contribution is 5.85. The van der Waals surface area contributed by atoms with E-state index < -0.39 is 0 Å². The van der Waals surface area contributed by atoms with E-state index >= 15 is 0 Å². The lowest BCUT2D eigenvalue weighted by Crippen LogP contribution is -2.42. The zero-order valence-corrected chi connectivity index (χ0v) is 34.0. The molecule has 1 saturated carbocycles. The van der Waals surface area contributed by atoms with Crippen molar-refractivity contribution in [2.75, 3.05) is 7.05 Å². The number of benzene rings is 2. The molecule has 1 aliphatic rings. The van der Waals surface area contributed by atoms with E-state index in [1.165, 1.54) is 24.0 Å². The summed E-state index contributed by atoms with van der Waals surface area (Å²) in [6.45, 7) is 28.1. The first-order chi connectivity index (χ1) is 23.1. The Labute approximate surface area is 302 Å². The van der Waals surface area contributed by atoms with Crippen LogP contribution in [-0.2, 0) is 28.2 Å². The van der Waals surface area contributed by atoms with E-state index in [1.807, 2.05) is 6.21 Å². The Balaban J connectivity index is 2.07. The smallest absolute Gasteiger partial charge is 0.128 e. The van der Waals surface area contributed by atoms with E-state index in [9.17, 15) is 10.2 Å². The molecule has 1 aliphatic carbocycles. The van der Waals surface area contributed by atoms with Crippen LogP contribution >= 0.6 is 0 Å². The van der Waals surface area contributed by atoms with Gasteiger partial charge < -0.3 is 10.2 Å². The maximum atomic E-state index is 11.9. The highest BCUT2D eigenvalue weighted by Gasteiger charge is 2.34. The summed E-state index contributed by atoms with van der Waals surface area (Å²) in [5.74, 6) is 0.874. The van der Waals surface area contributed by atoms with E-state index in [4.69, 9.17) is 4.99 Å². The molecule has 2 N–H and O–H groups in total. The molecule has 0 bridgehead atoms. The number of phenolic OH excluding ortho intramolecular Hbond substituents is 2. The molecule has 0 unspecified atom stereocenters. The highest BCUT2D eigenvalue weighted by Crippen LogP contribution is 2.45. The largest absolute Gasteiger partial charge is 0.507 e. The molecule has 0 spiro atoms. The van der Waals surface area contributed by atoms with Gasteiger partial charge in [0.1, 0.15) is 11.5 Å². The van der Waals surface area contributed by atoms with Crippen LogP contribution in [0, 0.1) is 0 Å². The van der Waals surface area contributed by atoms with Gasteiger partial charge in [-0.05, 0) is 110 Å². The topological polar surface area (TPSA) is 56.1 Å². The van der Waals surface area contributed by atoms with E-state index in [-0.39, 0.29) is 33.7 Å². The zero-order chi connectivity index (χ0) is 36.8. The molecule has 0 saturated heterocycles. The van der Waals surface area contributed by atoms with E-state index in [1.54, 1.807) is 0 Å². The Morgan fingerprint density at radius 1 is 0.633 bits per heavy atom. The van der Waals surface area contributed by atoms with Gasteiger partial charge in [-0.15, -0.1) is 0 Å². The third kappa shape index (κ3) is 8.43. The molecular formula is C45H74N2O2. The number of rotatable bonds is 17. The van der Waals surface area contributed by atoms with Crippen molar-refractivity contribution in [1.82, 2.24) is 4.90 Å². The molecule has 4 heteroatoms. The quantitative estimate of drug-likeness (QED) is 0.164. The summed E-state index contributed by atoms with van der Waals surface area (Å²) in [6, 6.07) is 9.54. The molecule has 0 amide bonds. The van der Waals surface area contributed by atoms with E-state index in [0.717, 1.165) is 86.5 Å². The molecule has 2 atom stereocenters. The summed E-state index contributed by atoms with van der Waals surface area (Å²) >= 11 is 0. The molecular weight excluding hydrogens is 601 g/mol. The lowest BCUT2D eigenvalue weighted by atomic mass is 9.71. The van der Waals surface area contributed by atoms with Crippen molar-refractivity contribution in [3.63, 3.8) is 0 Å². The summed E-state index contributed by atoms with van der Waals surface area (Å²) < 4.78 is 0. The molecule has 2 aromatic rings. The minimum Gasteiger partial charge on any atom is -0.507 e. The van der Waals surface area contributed by atoms with Crippen molar-refractivity contribution in [2.24, 2.45) is 4.99 Å². The van der Waals surface area contributed by atoms with Crippen LogP contribution in [0.25, 0.3) is 0 Å². The van der Waals surface area contributed by atoms with Gasteiger partial charge in [-0.1, -0.05) is 114 Å². The lowest BCUT2D eigenvalue weighted by molar-refractivity contribution is 0.162. The fraction of sp³-hybridized carbons (Fsp3) is 0.711. The number of phenols is 2. The van der Waals surface area contributed by atoms with Gasteiger partial charge in [-0.2, -0.15) is 0 Å². The monoisotopic (exact) mass is 675 g/mol. The van der Waals surface area contributed by atoms with Gasteiger partial charge in [0.05, 0.1) is 6.04 Å². The van der Waals surface area contributed by atoms with Crippen LogP contribution in [0.15, 0.2) is 29.3 Å². The Morgan fingerprint density at radius 2 is 1.06 bits per heavy atom. The standard InChI is InChI=1S/C45H74N2O2/c1-14-42(9,15-2)34-26-32(40(48)36(28-34)44(11,18-5)19-6)30-46-38-24-22-23-25-39(38)47(13)31-33-27-35(43(10,16-3)17-4)29-37(41(33)49)45(12,20-7)21-8/h26-30,38-39,48-49H,14-25,31H2,1-13H3/t38-,39-/m1/s1. The average molecular weight is 675 g/mol. The average Bonchev–Trinajstić information content (AvgIpc) is 3.13. The van der Waals surface area contributed by atoms with Crippen LogP contribution in [0.1, 0.15) is 194 Å². The first-order valence-corrected chi connectivity index (χ1v) is 20.1. The summed E-state index contributed by atoms with van der Waals surface area (Å²) in [5, 5.41) is 23.7. The molecule has 3 rings (SSSR count). The van der Waals surface area contributed by atoms with Gasteiger partial charge in [0.15, 0.2) is 0 Å². The molecule has 2 aromatic carbocycles. The van der Waals surface area contributed by atoms with Gasteiger partial charge in [0.25, 0.3) is 0 Å². The van der Waals surface area contributed by atoms with Gasteiger partial charge in [-0.25, -0.2) is 0 Å². The summed E-state index contributed by atoms with van der Waals surface area (Å²) in [5.41, 5.74) is 6.67. The summed E-state index contributed by atoms with van der Waals surface area (Å²) in [4.78, 5) is 7.76. The van der Waals surface area contributed by atoms with Gasteiger partial charge in [0.2, 0.25) is 0 Å². The maximum Gasteiger partial charge on any atom is 0.128 e. The van der Waals surface area contributed by atoms with Crippen molar-refractivity contribution in [3.05, 3.63) is 57.6 Å². The summed E-state index contributed by atoms with van der Waals surface area (Å²) in [6.07, 6.45) is 14.6. The van der Waals surface area contributed by atoms with Crippen molar-refractivity contribution >= 4 is 6.21 Å². The Bertz CT molecular complexity index is 1390. The Hall–Kier alpha value is -2.33. The first kappa shape index (κ1) is 41.1. The maximum absolute atomic E-state index is 11.9. The van der Waals surface area contributed by atoms with Crippen molar-refractivity contribution in [3.8, 4) is 11.5 Å². The fourth-order valence-corrected chi connectivity index (χ4v) is 8.11. The molecule has 0 heterocycles. The van der Waals surface area contributed by atoms with Crippen LogP contribution < -0.4 is 0 Å². The van der Waals surface area contributed by atoms with Crippen LogP contribution in [0.4, 0.5) is 0 Å². The van der Waals surface area contributed by atoms with Crippen LogP contribution in [0.5, 0.6) is 11.5 Å². The zero-order valence-electron chi connectivity index (χ0n) is 34.0. The SMILES string of the molecule is CCC(C)(CC)c1cc(C=N[C@@H]2CCCC[C@H]2N(C)Cc2cc(C(C)(CC)CC)cc(C(C)(CC)CC)c2O)c(O)c(C(C)(CC)CC)c1. The predicted octanol–water partition coefficient (Wildman–Crippen LogP) is 12.3. The molecule has 49 heavy (non-hydrogen) atoms. The summed E-state index contributed by atoms with van der Waals surface area (Å²) in [7, 11) is 2.22. The third-order valence-corrected chi connectivity index (χ3v) is 14.4. The molecule has 1 fully saturated rings. The van der Waals surface area contributed by atoms with Crippen molar-refractivity contribution in [2.45, 2.75) is 200 Å². The van der Waals surface area contributed by atoms with Gasteiger partial charge in [-0.3, -0.25) is 9.89 Å². The number of aromatic hydroxyl groups is 2. The van der Waals surface area contributed by atoms with Crippen LogP contribution in [-0.4, -0.2) is 40.5 Å². The number of hydrogen-bond donors (Lipinski definition) is 2. The predicted molar refractivity (Wildman–Crippen MR) is 213 cm³/mol. The fourth-order valence-electron chi connectivity index (χ4n) is 8.11. The van der Waals surface area contributed by atoms with Crippen LogP contribution in [0.3, 0.4) is 0 Å². The number of likely N-dealkylation sites (N-methyl/N-ethyl adjacent to an activating group) is 1. The highest BCUT2D eigenvalue weighted by atomic mass is 16.3. The number of hydrogen-bond acceptors (Lipinski definition) is 4. The molecule has 4 nitrogen and oxygen atoms in total. The minimum atomic E-state index is -0.0919. The second-order valence-electron chi connectivity index (χ2n) is 16.7. The van der Waals surface area contributed by atoms with E-state index in [2.05, 4.69) is 119 Å². The lowest BCUT2D eigenvalue weighted by Gasteiger charge is -2.38. The molecule has 0 aromatic heterocycles.